The highest BCUT2D eigenvalue weighted by molar-refractivity contribution is 5.29. The lowest BCUT2D eigenvalue weighted by atomic mass is 9.92. The van der Waals surface area contributed by atoms with Gasteiger partial charge in [-0.25, -0.2) is 9.50 Å². The van der Waals surface area contributed by atoms with Crippen LogP contribution in [-0.4, -0.2) is 19.6 Å². The Morgan fingerprint density at radius 2 is 2.00 bits per heavy atom. The average Bonchev–Trinajstić information content (AvgIpc) is 2.48. The number of nitrogens with zero attached hydrogens (tertiary/aromatic N) is 4. The number of hydrogen-bond acceptors (Lipinski definition) is 3. The van der Waals surface area contributed by atoms with Gasteiger partial charge >= 0.3 is 0 Å². The molecule has 0 spiro atoms. The zero-order chi connectivity index (χ0) is 9.47. The molecule has 0 bridgehead atoms. The smallest absolute Gasteiger partial charge is 0.220 e. The Hall–Kier alpha value is -1.45. The largest absolute Gasteiger partial charge is 0.252 e. The van der Waals surface area contributed by atoms with Crippen LogP contribution in [0.1, 0.15) is 26.5 Å². The van der Waals surface area contributed by atoms with E-state index >= 15 is 0 Å². The average molecular weight is 176 g/mol. The first-order chi connectivity index (χ1) is 6.09. The van der Waals surface area contributed by atoms with Crippen LogP contribution in [0.2, 0.25) is 0 Å². The summed E-state index contributed by atoms with van der Waals surface area (Å²) in [5.74, 6) is 0.660. The van der Waals surface area contributed by atoms with Crippen molar-refractivity contribution >= 4 is 5.78 Å². The summed E-state index contributed by atoms with van der Waals surface area (Å²) in [6.07, 6.45) is 3.29. The summed E-state index contributed by atoms with van der Waals surface area (Å²) >= 11 is 0. The summed E-state index contributed by atoms with van der Waals surface area (Å²) in [4.78, 5) is 8.14. The van der Waals surface area contributed by atoms with Crippen LogP contribution in [0.4, 0.5) is 0 Å². The Morgan fingerprint density at radius 1 is 1.23 bits per heavy atom. The topological polar surface area (TPSA) is 43.1 Å². The van der Waals surface area contributed by atoms with Crippen molar-refractivity contribution in [2.75, 3.05) is 0 Å². The number of fused-ring (bicyclic) bond motifs is 1. The molecule has 0 N–H and O–H groups in total. The Morgan fingerprint density at radius 3 is 2.69 bits per heavy atom. The maximum atomic E-state index is 4.13. The molecular formula is C9H12N4. The molecule has 2 aromatic heterocycles. The fourth-order valence-electron chi connectivity index (χ4n) is 1.31. The van der Waals surface area contributed by atoms with Crippen LogP contribution >= 0.6 is 0 Å². The van der Waals surface area contributed by atoms with E-state index in [0.29, 0.717) is 5.78 Å². The van der Waals surface area contributed by atoms with Gasteiger partial charge in [-0.1, -0.05) is 20.8 Å². The first kappa shape index (κ1) is 8.16. The second kappa shape index (κ2) is 2.52. The Kier molecular flexibility index (Phi) is 1.58. The van der Waals surface area contributed by atoms with Crippen LogP contribution in [0.25, 0.3) is 5.78 Å². The normalized spacial score (nSPS) is 12.2. The highest BCUT2D eigenvalue weighted by Crippen LogP contribution is 2.20. The lowest BCUT2D eigenvalue weighted by molar-refractivity contribution is 0.546. The molecular weight excluding hydrogens is 164 g/mol. The quantitative estimate of drug-likeness (QED) is 0.609. The molecule has 0 aliphatic carbocycles. The summed E-state index contributed by atoms with van der Waals surface area (Å²) in [6.45, 7) is 6.43. The van der Waals surface area contributed by atoms with Crippen molar-refractivity contribution in [3.8, 4) is 0 Å². The van der Waals surface area contributed by atoms with Gasteiger partial charge < -0.3 is 0 Å². The van der Waals surface area contributed by atoms with Crippen LogP contribution in [0.15, 0.2) is 18.6 Å². The predicted octanol–water partition coefficient (Wildman–Crippen LogP) is 1.42. The third-order valence-electron chi connectivity index (χ3n) is 1.95. The fourth-order valence-corrected chi connectivity index (χ4v) is 1.31. The van der Waals surface area contributed by atoms with Crippen molar-refractivity contribution in [2.45, 2.75) is 26.2 Å². The van der Waals surface area contributed by atoms with E-state index in [1.807, 2.05) is 6.07 Å². The van der Waals surface area contributed by atoms with Crippen molar-refractivity contribution in [3.63, 3.8) is 0 Å². The predicted molar refractivity (Wildman–Crippen MR) is 49.5 cm³/mol. The van der Waals surface area contributed by atoms with Crippen molar-refractivity contribution in [2.24, 2.45) is 0 Å². The molecule has 2 heterocycles. The summed E-state index contributed by atoms with van der Waals surface area (Å²) < 4.78 is 1.78. The molecule has 0 fully saturated rings. The second-order valence-corrected chi connectivity index (χ2v) is 4.05. The molecule has 0 saturated heterocycles. The molecule has 2 aromatic rings. The van der Waals surface area contributed by atoms with Crippen LogP contribution in [0, 0.1) is 0 Å². The van der Waals surface area contributed by atoms with Gasteiger partial charge in [-0.15, -0.1) is 0 Å². The van der Waals surface area contributed by atoms with Crippen molar-refractivity contribution in [3.05, 3.63) is 24.3 Å². The van der Waals surface area contributed by atoms with Gasteiger partial charge in [0.15, 0.2) is 0 Å². The minimum absolute atomic E-state index is 0.0644. The third kappa shape index (κ3) is 1.28. The fraction of sp³-hybridized carbons (Fsp3) is 0.444. The molecule has 0 radical (unpaired) electrons. The summed E-state index contributed by atoms with van der Waals surface area (Å²) in [5.41, 5.74) is 1.18. The van der Waals surface area contributed by atoms with Crippen LogP contribution in [0.3, 0.4) is 0 Å². The zero-order valence-electron chi connectivity index (χ0n) is 8.02. The van der Waals surface area contributed by atoms with Crippen LogP contribution in [0.5, 0.6) is 0 Å². The van der Waals surface area contributed by atoms with E-state index in [1.165, 1.54) is 6.33 Å². The number of aromatic nitrogens is 4. The van der Waals surface area contributed by atoms with E-state index in [0.717, 1.165) is 5.69 Å². The molecule has 13 heavy (non-hydrogen) atoms. The van der Waals surface area contributed by atoms with E-state index in [9.17, 15) is 0 Å². The van der Waals surface area contributed by atoms with E-state index in [1.54, 1.807) is 10.7 Å². The maximum Gasteiger partial charge on any atom is 0.252 e. The standard InChI is InChI=1S/C9H12N4/c1-9(2,3)7-4-5-10-8-11-6-12-13(7)8/h4-6H,1-3H3. The maximum absolute atomic E-state index is 4.13. The first-order valence-corrected chi connectivity index (χ1v) is 4.24. The summed E-state index contributed by atoms with van der Waals surface area (Å²) in [5, 5.41) is 4.13. The first-order valence-electron chi connectivity index (χ1n) is 4.24. The van der Waals surface area contributed by atoms with Gasteiger partial charge in [-0.05, 0) is 6.07 Å². The molecule has 0 amide bonds. The Balaban J connectivity index is 2.75. The highest BCUT2D eigenvalue weighted by Gasteiger charge is 2.17. The highest BCUT2D eigenvalue weighted by atomic mass is 15.3. The molecule has 0 atom stereocenters. The molecule has 68 valence electrons. The molecule has 0 aromatic carbocycles. The molecule has 4 heteroatoms. The van der Waals surface area contributed by atoms with E-state index in [4.69, 9.17) is 0 Å². The molecule has 0 saturated carbocycles. The lowest BCUT2D eigenvalue weighted by Gasteiger charge is -2.18. The van der Waals surface area contributed by atoms with Gasteiger partial charge in [0, 0.05) is 11.6 Å². The van der Waals surface area contributed by atoms with Gasteiger partial charge in [0.1, 0.15) is 6.33 Å². The van der Waals surface area contributed by atoms with Crippen molar-refractivity contribution < 1.29 is 0 Å². The monoisotopic (exact) mass is 176 g/mol. The van der Waals surface area contributed by atoms with E-state index < -0.39 is 0 Å². The third-order valence-corrected chi connectivity index (χ3v) is 1.95. The van der Waals surface area contributed by atoms with Gasteiger partial charge in [-0.3, -0.25) is 0 Å². The second-order valence-electron chi connectivity index (χ2n) is 4.05. The zero-order valence-corrected chi connectivity index (χ0v) is 8.02. The van der Waals surface area contributed by atoms with Gasteiger partial charge in [0.25, 0.3) is 5.78 Å². The van der Waals surface area contributed by atoms with Crippen LogP contribution in [-0.2, 0) is 5.41 Å². The van der Waals surface area contributed by atoms with Crippen molar-refractivity contribution in [1.82, 2.24) is 19.6 Å². The molecule has 0 unspecified atom stereocenters. The molecule has 0 aliphatic heterocycles. The van der Waals surface area contributed by atoms with Crippen molar-refractivity contribution in [1.29, 1.82) is 0 Å². The van der Waals surface area contributed by atoms with Gasteiger partial charge in [0.2, 0.25) is 0 Å². The van der Waals surface area contributed by atoms with E-state index in [2.05, 4.69) is 35.8 Å². The minimum Gasteiger partial charge on any atom is -0.220 e. The van der Waals surface area contributed by atoms with Crippen LogP contribution < -0.4 is 0 Å². The minimum atomic E-state index is 0.0644. The lowest BCUT2D eigenvalue weighted by Crippen LogP contribution is -2.17. The molecule has 2 rings (SSSR count). The molecule has 4 nitrogen and oxygen atoms in total. The van der Waals surface area contributed by atoms with Gasteiger partial charge in [0.05, 0.1) is 5.69 Å². The Labute approximate surface area is 76.6 Å². The SMILES string of the molecule is CC(C)(C)c1ccnc2ncnn12. The Bertz CT molecular complexity index is 424. The van der Waals surface area contributed by atoms with Gasteiger partial charge in [-0.2, -0.15) is 10.1 Å². The molecule has 0 aliphatic rings. The number of hydrogen-bond donors (Lipinski definition) is 0. The van der Waals surface area contributed by atoms with E-state index in [-0.39, 0.29) is 5.41 Å². The summed E-state index contributed by atoms with van der Waals surface area (Å²) in [7, 11) is 0. The number of rotatable bonds is 0. The summed E-state index contributed by atoms with van der Waals surface area (Å²) in [6, 6.07) is 1.97.